The van der Waals surface area contributed by atoms with Gasteiger partial charge >= 0.3 is 6.03 Å². The predicted octanol–water partition coefficient (Wildman–Crippen LogP) is 3.68. The number of fused-ring (bicyclic) bond motifs is 1. The molecule has 3 atom stereocenters. The van der Waals surface area contributed by atoms with E-state index < -0.39 is 6.03 Å². The average Bonchev–Trinajstić information content (AvgIpc) is 3.23. The summed E-state index contributed by atoms with van der Waals surface area (Å²) in [7, 11) is 2.03. The number of ether oxygens (including phenoxy) is 1. The smallest absolute Gasteiger partial charge is 0.323 e. The first-order valence-electron chi connectivity index (χ1n) is 13.0. The van der Waals surface area contributed by atoms with Gasteiger partial charge in [0.05, 0.1) is 18.2 Å². The minimum Gasteiger partial charge on any atom is -0.488 e. The topological polar surface area (TPSA) is 133 Å². The van der Waals surface area contributed by atoms with E-state index in [9.17, 15) is 14.7 Å². The van der Waals surface area contributed by atoms with Crippen molar-refractivity contribution in [2.45, 2.75) is 46.4 Å². The van der Waals surface area contributed by atoms with Crippen molar-refractivity contribution in [1.82, 2.24) is 19.9 Å². The molecule has 11 nitrogen and oxygen atoms in total. The Morgan fingerprint density at radius 1 is 1.23 bits per heavy atom. The molecule has 3 N–H and O–H groups in total. The summed E-state index contributed by atoms with van der Waals surface area (Å²) in [4.78, 5) is 34.3. The van der Waals surface area contributed by atoms with E-state index in [-0.39, 0.29) is 30.6 Å². The molecule has 0 saturated carbocycles. The number of nitrogens with one attached hydrogen (secondary N) is 2. The van der Waals surface area contributed by atoms with Crippen LogP contribution in [0.4, 0.5) is 16.2 Å². The lowest BCUT2D eigenvalue weighted by Gasteiger charge is -2.38. The third-order valence-corrected chi connectivity index (χ3v) is 6.89. The zero-order chi connectivity index (χ0) is 28.1. The molecule has 39 heavy (non-hydrogen) atoms. The average molecular weight is 537 g/mol. The maximum absolute atomic E-state index is 13.7. The highest BCUT2D eigenvalue weighted by Gasteiger charge is 2.33. The van der Waals surface area contributed by atoms with E-state index >= 15 is 0 Å². The molecule has 1 aromatic carbocycles. The summed E-state index contributed by atoms with van der Waals surface area (Å²) >= 11 is 0. The van der Waals surface area contributed by atoms with Crippen molar-refractivity contribution < 1.29 is 24.0 Å². The molecule has 0 bridgehead atoms. The first-order chi connectivity index (χ1) is 18.7. The summed E-state index contributed by atoms with van der Waals surface area (Å²) in [6.07, 6.45) is 3.32. The van der Waals surface area contributed by atoms with Gasteiger partial charge in [-0.05, 0) is 63.7 Å². The molecular weight excluding hydrogens is 500 g/mol. The summed E-state index contributed by atoms with van der Waals surface area (Å²) in [5, 5.41) is 19.2. The third kappa shape index (κ3) is 6.73. The fourth-order valence-electron chi connectivity index (χ4n) is 4.63. The highest BCUT2D eigenvalue weighted by atomic mass is 16.5. The Morgan fingerprint density at radius 2 is 1.97 bits per heavy atom. The molecule has 3 amide bonds. The zero-order valence-corrected chi connectivity index (χ0v) is 23.0. The Hall–Kier alpha value is -3.96. The maximum Gasteiger partial charge on any atom is 0.323 e. The van der Waals surface area contributed by atoms with Crippen LogP contribution in [-0.2, 0) is 6.54 Å². The van der Waals surface area contributed by atoms with E-state index in [4.69, 9.17) is 9.26 Å². The second kappa shape index (κ2) is 12.3. The van der Waals surface area contributed by atoms with Gasteiger partial charge in [0, 0.05) is 43.6 Å². The van der Waals surface area contributed by atoms with Crippen molar-refractivity contribution in [3.05, 3.63) is 65.3 Å². The monoisotopic (exact) mass is 536 g/mol. The number of aliphatic hydroxyl groups is 1. The van der Waals surface area contributed by atoms with Crippen LogP contribution in [0.25, 0.3) is 0 Å². The van der Waals surface area contributed by atoms with Gasteiger partial charge in [0.25, 0.3) is 5.91 Å². The summed E-state index contributed by atoms with van der Waals surface area (Å²) in [5.74, 6) is 0.652. The van der Waals surface area contributed by atoms with Gasteiger partial charge in [-0.1, -0.05) is 12.1 Å². The minimum atomic E-state index is -0.492. The van der Waals surface area contributed by atoms with Crippen LogP contribution in [0.3, 0.4) is 0 Å². The van der Waals surface area contributed by atoms with Crippen LogP contribution >= 0.6 is 0 Å². The second-order valence-corrected chi connectivity index (χ2v) is 10.2. The Kier molecular flexibility index (Phi) is 8.82. The zero-order valence-electron chi connectivity index (χ0n) is 23.0. The molecule has 0 radical (unpaired) electrons. The van der Waals surface area contributed by atoms with Crippen LogP contribution in [0.1, 0.15) is 41.2 Å². The van der Waals surface area contributed by atoms with Gasteiger partial charge in [-0.15, -0.1) is 0 Å². The SMILES string of the molecule is Cc1noc(C)c1NC(=O)Nc1ccc2c(c1)C(=O)N([C@H](C)CO)C[C@@H](C)[C@H](CN(C)Cc1ccncc1)O2. The third-order valence-electron chi connectivity index (χ3n) is 6.89. The van der Waals surface area contributed by atoms with Crippen LogP contribution in [0.15, 0.2) is 47.2 Å². The lowest BCUT2D eigenvalue weighted by atomic mass is 9.99. The Labute approximate surface area is 228 Å². The summed E-state index contributed by atoms with van der Waals surface area (Å²) in [5.41, 5.74) is 2.94. The molecule has 208 valence electrons. The van der Waals surface area contributed by atoms with Crippen LogP contribution in [0, 0.1) is 19.8 Å². The van der Waals surface area contributed by atoms with Crippen LogP contribution in [-0.4, -0.2) is 75.9 Å². The molecule has 1 aliphatic rings. The number of hydrogen-bond acceptors (Lipinski definition) is 8. The summed E-state index contributed by atoms with van der Waals surface area (Å²) < 4.78 is 11.6. The normalized spacial score (nSPS) is 18.1. The number of amides is 3. The van der Waals surface area contributed by atoms with E-state index in [2.05, 4.69) is 32.6 Å². The standard InChI is InChI=1S/C28H36N6O5/c1-17-13-34(18(2)16-35)27(36)23-12-22(30-28(37)31-26-19(3)32-39-20(26)4)6-7-24(23)38-25(17)15-33(5)14-21-8-10-29-11-9-21/h6-12,17-18,25,35H,13-16H2,1-5H3,(H2,30,31,37)/t17-,18-,25+/m1/s1. The molecular formula is C28H36N6O5. The van der Waals surface area contributed by atoms with E-state index in [0.29, 0.717) is 47.2 Å². The Bertz CT molecular complexity index is 1280. The Balaban J connectivity index is 1.57. The van der Waals surface area contributed by atoms with Gasteiger partial charge in [-0.25, -0.2) is 4.79 Å². The highest BCUT2D eigenvalue weighted by molar-refractivity contribution is 6.03. The second-order valence-electron chi connectivity index (χ2n) is 10.2. The molecule has 2 aromatic heterocycles. The number of aliphatic hydroxyl groups excluding tert-OH is 1. The maximum atomic E-state index is 13.7. The molecule has 11 heteroatoms. The van der Waals surface area contributed by atoms with E-state index in [1.54, 1.807) is 49.3 Å². The predicted molar refractivity (Wildman–Crippen MR) is 147 cm³/mol. The first kappa shape index (κ1) is 28.1. The number of carbonyl (C=O) groups is 2. The lowest BCUT2D eigenvalue weighted by Crippen LogP contribution is -2.49. The number of anilines is 2. The first-order valence-corrected chi connectivity index (χ1v) is 13.0. The summed E-state index contributed by atoms with van der Waals surface area (Å²) in [6.45, 7) is 8.90. The molecule has 0 unspecified atom stereocenters. The van der Waals surface area contributed by atoms with Gasteiger partial charge in [0.2, 0.25) is 0 Å². The molecule has 3 aromatic rings. The van der Waals surface area contributed by atoms with E-state index in [0.717, 1.165) is 12.1 Å². The van der Waals surface area contributed by atoms with Crippen molar-refractivity contribution in [1.29, 1.82) is 0 Å². The number of benzene rings is 1. The number of hydrogen-bond donors (Lipinski definition) is 3. The Morgan fingerprint density at radius 3 is 2.64 bits per heavy atom. The fraction of sp³-hybridized carbons (Fsp3) is 0.429. The number of aryl methyl sites for hydroxylation is 2. The number of likely N-dealkylation sites (N-methyl/N-ethyl adjacent to an activating group) is 1. The molecule has 4 rings (SSSR count). The van der Waals surface area contributed by atoms with Gasteiger partial charge in [0.15, 0.2) is 5.76 Å². The van der Waals surface area contributed by atoms with Crippen molar-refractivity contribution in [2.24, 2.45) is 5.92 Å². The van der Waals surface area contributed by atoms with E-state index in [1.807, 2.05) is 26.1 Å². The van der Waals surface area contributed by atoms with Crippen molar-refractivity contribution in [2.75, 3.05) is 37.4 Å². The lowest BCUT2D eigenvalue weighted by molar-refractivity contribution is 0.0341. The number of urea groups is 1. The number of nitrogens with zero attached hydrogens (tertiary/aromatic N) is 4. The number of aromatic nitrogens is 2. The van der Waals surface area contributed by atoms with Gasteiger partial charge in [0.1, 0.15) is 23.2 Å². The van der Waals surface area contributed by atoms with Gasteiger partial charge in [-0.3, -0.25) is 14.7 Å². The van der Waals surface area contributed by atoms with Crippen molar-refractivity contribution >= 4 is 23.3 Å². The van der Waals surface area contributed by atoms with Gasteiger partial charge < -0.3 is 29.9 Å². The van der Waals surface area contributed by atoms with Crippen LogP contribution in [0.5, 0.6) is 5.75 Å². The number of rotatable bonds is 8. The largest absolute Gasteiger partial charge is 0.488 e. The molecule has 0 spiro atoms. The summed E-state index contributed by atoms with van der Waals surface area (Å²) in [6, 6.07) is 8.09. The van der Waals surface area contributed by atoms with Crippen LogP contribution in [0.2, 0.25) is 0 Å². The minimum absolute atomic E-state index is 0.00498. The van der Waals surface area contributed by atoms with E-state index in [1.165, 1.54) is 0 Å². The van der Waals surface area contributed by atoms with Crippen LogP contribution < -0.4 is 15.4 Å². The number of carbonyl (C=O) groups excluding carboxylic acids is 2. The van der Waals surface area contributed by atoms with Crippen molar-refractivity contribution in [3.63, 3.8) is 0 Å². The molecule has 3 heterocycles. The highest BCUT2D eigenvalue weighted by Crippen LogP contribution is 2.31. The van der Waals surface area contributed by atoms with Crippen molar-refractivity contribution in [3.8, 4) is 5.75 Å². The fourth-order valence-corrected chi connectivity index (χ4v) is 4.63. The molecule has 0 fully saturated rings. The molecule has 0 aliphatic carbocycles. The molecule has 0 saturated heterocycles. The van der Waals surface area contributed by atoms with Gasteiger partial charge in [-0.2, -0.15) is 0 Å². The quantitative estimate of drug-likeness (QED) is 0.397. The molecule has 1 aliphatic heterocycles. The number of pyridine rings is 1.